The molecule has 3 aliphatic heterocycles. The SMILES string of the molecule is CCC1/C=C(\C)CC(C)CC(OC)C2OC(O)(C(=O)C(=O)N3CCCCC3C(=O)OC(C(C)=CC3CCC(O[Si](C)(C)C(C)(C)C)C(OCC=O)C3)C(C)CCC1=O)C(C)CC2OC. The third kappa shape index (κ3) is 13.3. The number of methoxy groups -OCH3 is 2. The molecule has 13 nitrogen and oxygen atoms in total. The number of nitrogens with zero attached hydrogens (tertiary/aromatic N) is 1. The second-order valence-corrected chi connectivity index (χ2v) is 25.9. The van der Waals surface area contributed by atoms with Crippen LogP contribution < -0.4 is 0 Å². The minimum Gasteiger partial charge on any atom is -0.456 e. The first-order chi connectivity index (χ1) is 30.0. The van der Waals surface area contributed by atoms with Gasteiger partial charge in [-0.15, -0.1) is 0 Å². The summed E-state index contributed by atoms with van der Waals surface area (Å²) in [6.07, 6.45) is 8.30. The number of hydrogen-bond donors (Lipinski definition) is 1. The van der Waals surface area contributed by atoms with Gasteiger partial charge in [0.05, 0.1) is 24.4 Å². The van der Waals surface area contributed by atoms with E-state index >= 15 is 0 Å². The second-order valence-electron chi connectivity index (χ2n) is 21.2. The van der Waals surface area contributed by atoms with Crippen LogP contribution in [0.15, 0.2) is 23.3 Å². The van der Waals surface area contributed by atoms with Gasteiger partial charge in [0, 0.05) is 39.0 Å². The van der Waals surface area contributed by atoms with Crippen molar-refractivity contribution in [2.45, 2.75) is 206 Å². The van der Waals surface area contributed by atoms with Crippen molar-refractivity contribution in [3.8, 4) is 0 Å². The van der Waals surface area contributed by atoms with Crippen LogP contribution in [0, 0.1) is 29.6 Å². The number of aliphatic hydroxyl groups is 1. The Bertz CT molecular complexity index is 1670. The molecule has 3 heterocycles. The van der Waals surface area contributed by atoms with Gasteiger partial charge in [0.15, 0.2) is 8.32 Å². The summed E-state index contributed by atoms with van der Waals surface area (Å²) in [5.74, 6) is -6.36. The number of rotatable bonds is 10. The standard InChI is InChI=1S/C50H83NO12Si/c1-14-37-26-31(2)25-32(3)27-42(58-10)45-43(59-11)29-35(6)50(57,62-45)46(54)47(55)51-22-16-15-17-38(51)48(56)61-44(33(4)18-20-39(37)53)34(5)28-36-19-21-40(41(30-36)60-24-23-52)63-64(12,13)49(7,8)9/h23,26,28,32-33,35-38,40-45,57H,14-22,24-25,27,29-30H2,1-13H3/b31-26+,34-28?. The zero-order valence-corrected chi connectivity index (χ0v) is 42.4. The molecule has 1 aliphatic carbocycles. The van der Waals surface area contributed by atoms with Crippen LogP contribution in [0.3, 0.4) is 0 Å². The molecule has 4 aliphatic rings. The van der Waals surface area contributed by atoms with Gasteiger partial charge in [-0.3, -0.25) is 14.4 Å². The van der Waals surface area contributed by atoms with Gasteiger partial charge < -0.3 is 42.9 Å². The third-order valence-corrected chi connectivity index (χ3v) is 19.6. The van der Waals surface area contributed by atoms with Crippen molar-refractivity contribution in [1.82, 2.24) is 4.90 Å². The number of aldehydes is 1. The van der Waals surface area contributed by atoms with Gasteiger partial charge >= 0.3 is 5.97 Å². The van der Waals surface area contributed by atoms with Gasteiger partial charge in [-0.25, -0.2) is 4.79 Å². The summed E-state index contributed by atoms with van der Waals surface area (Å²) in [5.41, 5.74) is 1.89. The van der Waals surface area contributed by atoms with Crippen molar-refractivity contribution in [3.05, 3.63) is 23.3 Å². The number of ether oxygens (including phenoxy) is 5. The lowest BCUT2D eigenvalue weighted by Crippen LogP contribution is -2.64. The van der Waals surface area contributed by atoms with Gasteiger partial charge in [0.2, 0.25) is 5.79 Å². The highest BCUT2D eigenvalue weighted by Gasteiger charge is 2.56. The number of carbonyl (C=O) groups is 5. The predicted molar refractivity (Wildman–Crippen MR) is 248 cm³/mol. The number of fused-ring (bicyclic) bond motifs is 3. The van der Waals surface area contributed by atoms with Gasteiger partial charge in [0.25, 0.3) is 11.7 Å². The Morgan fingerprint density at radius 2 is 1.62 bits per heavy atom. The monoisotopic (exact) mass is 918 g/mol. The number of piperidine rings is 1. The minimum atomic E-state index is -2.48. The Balaban J connectivity index is 1.72. The molecule has 0 aromatic rings. The maximum absolute atomic E-state index is 14.5. The molecule has 2 saturated heterocycles. The fourth-order valence-corrected chi connectivity index (χ4v) is 11.5. The van der Waals surface area contributed by atoms with E-state index in [4.69, 9.17) is 28.1 Å². The molecule has 13 atom stereocenters. The van der Waals surface area contributed by atoms with Crippen molar-refractivity contribution >= 4 is 38.0 Å². The van der Waals surface area contributed by atoms with E-state index in [1.54, 1.807) is 21.1 Å². The molecule has 0 aromatic carbocycles. The number of esters is 1. The summed E-state index contributed by atoms with van der Waals surface area (Å²) in [4.78, 5) is 69.9. The number of cyclic esters (lactones) is 1. The lowest BCUT2D eigenvalue weighted by molar-refractivity contribution is -0.302. The minimum absolute atomic E-state index is 0.000436. The normalized spacial score (nSPS) is 37.2. The first kappa shape index (κ1) is 54.0. The van der Waals surface area contributed by atoms with E-state index in [2.05, 4.69) is 52.9 Å². The molecule has 1 saturated carbocycles. The maximum atomic E-state index is 14.5. The summed E-state index contributed by atoms with van der Waals surface area (Å²) in [7, 11) is 0.965. The highest BCUT2D eigenvalue weighted by molar-refractivity contribution is 6.74. The van der Waals surface area contributed by atoms with Crippen LogP contribution in [-0.4, -0.2) is 124 Å². The van der Waals surface area contributed by atoms with E-state index < -0.39 is 68.1 Å². The van der Waals surface area contributed by atoms with E-state index in [-0.39, 0.29) is 72.7 Å². The average molecular weight is 918 g/mol. The van der Waals surface area contributed by atoms with Gasteiger partial charge in [-0.05, 0) is 126 Å². The Kier molecular flexibility index (Phi) is 19.8. The van der Waals surface area contributed by atoms with E-state index in [1.807, 2.05) is 27.7 Å². The van der Waals surface area contributed by atoms with Crippen LogP contribution in [0.1, 0.15) is 139 Å². The number of amides is 1. The highest BCUT2D eigenvalue weighted by atomic mass is 28.4. The van der Waals surface area contributed by atoms with Gasteiger partial charge in [0.1, 0.15) is 36.9 Å². The quantitative estimate of drug-likeness (QED) is 0.0738. The zero-order valence-electron chi connectivity index (χ0n) is 41.4. The highest BCUT2D eigenvalue weighted by Crippen LogP contribution is 2.42. The number of allylic oxidation sites excluding steroid dienone is 3. The lowest BCUT2D eigenvalue weighted by atomic mass is 9.82. The molecule has 14 heteroatoms. The van der Waals surface area contributed by atoms with Crippen molar-refractivity contribution < 1.29 is 57.2 Å². The maximum Gasteiger partial charge on any atom is 0.329 e. The second kappa shape index (κ2) is 23.4. The molecular weight excluding hydrogens is 835 g/mol. The summed E-state index contributed by atoms with van der Waals surface area (Å²) >= 11 is 0. The van der Waals surface area contributed by atoms with Crippen LogP contribution in [0.5, 0.6) is 0 Å². The first-order valence-corrected chi connectivity index (χ1v) is 27.0. The Labute approximate surface area is 385 Å². The molecule has 1 amide bonds. The zero-order chi connectivity index (χ0) is 47.7. The molecule has 364 valence electrons. The van der Waals surface area contributed by atoms with E-state index in [0.717, 1.165) is 30.3 Å². The van der Waals surface area contributed by atoms with Crippen LogP contribution in [0.2, 0.25) is 18.1 Å². The Hall–Kier alpha value is -2.59. The van der Waals surface area contributed by atoms with Crippen LogP contribution in [-0.2, 0) is 52.1 Å². The summed E-state index contributed by atoms with van der Waals surface area (Å²) in [6, 6.07) is -1.07. The van der Waals surface area contributed by atoms with E-state index in [0.29, 0.717) is 51.4 Å². The van der Waals surface area contributed by atoms with Crippen molar-refractivity contribution in [1.29, 1.82) is 0 Å². The molecule has 2 bridgehead atoms. The van der Waals surface area contributed by atoms with Crippen molar-refractivity contribution in [2.24, 2.45) is 29.6 Å². The molecule has 64 heavy (non-hydrogen) atoms. The van der Waals surface area contributed by atoms with Crippen LogP contribution >= 0.6 is 0 Å². The Morgan fingerprint density at radius 3 is 2.25 bits per heavy atom. The van der Waals surface area contributed by atoms with Crippen molar-refractivity contribution in [3.63, 3.8) is 0 Å². The summed E-state index contributed by atoms with van der Waals surface area (Å²) < 4.78 is 37.5. The fraction of sp³-hybridized carbons (Fsp3) is 0.820. The van der Waals surface area contributed by atoms with Gasteiger partial charge in [-0.2, -0.15) is 0 Å². The molecule has 0 aromatic heterocycles. The van der Waals surface area contributed by atoms with E-state index in [9.17, 15) is 29.1 Å². The third-order valence-electron chi connectivity index (χ3n) is 15.1. The average Bonchev–Trinajstić information content (AvgIpc) is 3.24. The number of hydrogen-bond acceptors (Lipinski definition) is 12. The molecule has 0 spiro atoms. The number of carbonyl (C=O) groups excluding carboxylic acids is 5. The molecule has 1 N–H and O–H groups in total. The first-order valence-electron chi connectivity index (χ1n) is 24.1. The molecule has 3 fully saturated rings. The van der Waals surface area contributed by atoms with Crippen LogP contribution in [0.25, 0.3) is 0 Å². The van der Waals surface area contributed by atoms with Crippen LogP contribution in [0.4, 0.5) is 0 Å². The van der Waals surface area contributed by atoms with Gasteiger partial charge in [-0.1, -0.05) is 66.2 Å². The number of Topliss-reactive ketones (excluding diaryl/α,β-unsaturated/α-hetero) is 2. The fourth-order valence-electron chi connectivity index (χ4n) is 10.2. The molecular formula is C50H83NO12Si. The molecule has 13 unspecified atom stereocenters. The smallest absolute Gasteiger partial charge is 0.329 e. The van der Waals surface area contributed by atoms with E-state index in [1.165, 1.54) is 4.90 Å². The summed E-state index contributed by atoms with van der Waals surface area (Å²) in [5, 5.41) is 12.1. The largest absolute Gasteiger partial charge is 0.456 e. The molecule has 0 radical (unpaired) electrons. The Morgan fingerprint density at radius 1 is 0.953 bits per heavy atom. The number of ketones is 2. The van der Waals surface area contributed by atoms with Crippen molar-refractivity contribution in [2.75, 3.05) is 27.4 Å². The topological polar surface area (TPSA) is 164 Å². The molecule has 4 rings (SSSR count). The lowest BCUT2D eigenvalue weighted by Gasteiger charge is -2.47. The predicted octanol–water partition coefficient (Wildman–Crippen LogP) is 8.10. The summed E-state index contributed by atoms with van der Waals surface area (Å²) in [6.45, 7) is 22.9.